The van der Waals surface area contributed by atoms with Gasteiger partial charge in [-0.2, -0.15) is 0 Å². The van der Waals surface area contributed by atoms with Crippen molar-refractivity contribution < 1.29 is 19.8 Å². The number of anilines is 2. The van der Waals surface area contributed by atoms with Crippen molar-refractivity contribution in [3.63, 3.8) is 0 Å². The normalized spacial score (nSPS) is 11.1. The number of phenolic OH excluding ortho intramolecular Hbond substituents is 2. The van der Waals surface area contributed by atoms with Gasteiger partial charge in [0, 0.05) is 35.6 Å². The first kappa shape index (κ1) is 28.7. The molecule has 2 N–H and O–H groups in total. The fraction of sp³-hybridized carbons (Fsp3) is 0.222. The second kappa shape index (κ2) is 12.8. The first-order valence-corrected chi connectivity index (χ1v) is 14.6. The molecule has 6 nitrogen and oxygen atoms in total. The van der Waals surface area contributed by atoms with Crippen LogP contribution < -0.4 is 9.80 Å². The van der Waals surface area contributed by atoms with Gasteiger partial charge >= 0.3 is 0 Å². The molecule has 0 unspecified atom stereocenters. The molecule has 5 aromatic carbocycles. The maximum atomic E-state index is 13.9. The van der Waals surface area contributed by atoms with Crippen molar-refractivity contribution in [3.05, 3.63) is 108 Å². The van der Waals surface area contributed by atoms with Gasteiger partial charge in [0.15, 0.2) is 0 Å². The van der Waals surface area contributed by atoms with Gasteiger partial charge in [-0.3, -0.25) is 9.59 Å². The van der Waals surface area contributed by atoms with Crippen molar-refractivity contribution >= 4 is 44.7 Å². The van der Waals surface area contributed by atoms with Crippen molar-refractivity contribution in [2.75, 3.05) is 22.9 Å². The number of nitrogens with zero attached hydrogens (tertiary/aromatic N) is 2. The van der Waals surface area contributed by atoms with E-state index in [-0.39, 0.29) is 23.3 Å². The highest BCUT2D eigenvalue weighted by Crippen LogP contribution is 2.29. The zero-order chi connectivity index (χ0) is 29.6. The Balaban J connectivity index is 1.49. The summed E-state index contributed by atoms with van der Waals surface area (Å²) in [5.74, 6) is 0.154. The summed E-state index contributed by atoms with van der Waals surface area (Å²) in [6, 6.07) is 28.9. The van der Waals surface area contributed by atoms with Crippen LogP contribution in [0.15, 0.2) is 97.1 Å². The number of amides is 2. The van der Waals surface area contributed by atoms with E-state index in [1.807, 2.05) is 60.7 Å². The molecule has 0 fully saturated rings. The third-order valence-corrected chi connectivity index (χ3v) is 7.56. The van der Waals surface area contributed by atoms with Gasteiger partial charge in [-0.15, -0.1) is 0 Å². The molecule has 0 atom stereocenters. The molecule has 42 heavy (non-hydrogen) atoms. The van der Waals surface area contributed by atoms with E-state index in [2.05, 4.69) is 13.8 Å². The van der Waals surface area contributed by atoms with Gasteiger partial charge in [0.05, 0.1) is 0 Å². The van der Waals surface area contributed by atoms with Crippen LogP contribution in [0.25, 0.3) is 21.5 Å². The zero-order valence-electron chi connectivity index (χ0n) is 24.1. The molecule has 5 aromatic rings. The molecule has 0 saturated heterocycles. The van der Waals surface area contributed by atoms with Gasteiger partial charge in [0.1, 0.15) is 11.5 Å². The van der Waals surface area contributed by atoms with E-state index in [1.54, 1.807) is 46.2 Å². The maximum absolute atomic E-state index is 13.9. The Hall–Kier alpha value is -4.84. The lowest BCUT2D eigenvalue weighted by atomic mass is 10.0. The Morgan fingerprint density at radius 1 is 0.548 bits per heavy atom. The Morgan fingerprint density at radius 3 is 1.38 bits per heavy atom. The smallest absolute Gasteiger partial charge is 0.258 e. The van der Waals surface area contributed by atoms with Gasteiger partial charge in [0.25, 0.3) is 11.8 Å². The van der Waals surface area contributed by atoms with E-state index in [4.69, 9.17) is 0 Å². The number of benzene rings is 5. The number of aromatic hydroxyl groups is 2. The van der Waals surface area contributed by atoms with Crippen LogP contribution in [0.2, 0.25) is 0 Å². The summed E-state index contributed by atoms with van der Waals surface area (Å²) in [4.78, 5) is 31.4. The van der Waals surface area contributed by atoms with Crippen molar-refractivity contribution in [1.82, 2.24) is 0 Å². The summed E-state index contributed by atoms with van der Waals surface area (Å²) < 4.78 is 0. The van der Waals surface area contributed by atoms with Gasteiger partial charge in [-0.1, -0.05) is 57.0 Å². The lowest BCUT2D eigenvalue weighted by Crippen LogP contribution is -2.34. The van der Waals surface area contributed by atoms with Crippen molar-refractivity contribution in [2.24, 2.45) is 0 Å². The van der Waals surface area contributed by atoms with Gasteiger partial charge in [-0.05, 0) is 101 Å². The van der Waals surface area contributed by atoms with Crippen LogP contribution >= 0.6 is 0 Å². The molecule has 0 radical (unpaired) electrons. The van der Waals surface area contributed by atoms with Crippen LogP contribution in [0.3, 0.4) is 0 Å². The van der Waals surface area contributed by atoms with E-state index in [0.717, 1.165) is 58.6 Å². The molecule has 0 heterocycles. The SMILES string of the molecule is CCCCN(C(=O)c1ccc2cc(O)ccc2c1)c1cccc(N(CCCC)C(=O)c2ccc3cc(O)ccc3c2)c1. The summed E-state index contributed by atoms with van der Waals surface area (Å²) in [5.41, 5.74) is 2.60. The Bertz CT molecular complexity index is 1620. The lowest BCUT2D eigenvalue weighted by molar-refractivity contribution is 0.0980. The topological polar surface area (TPSA) is 81.1 Å². The summed E-state index contributed by atoms with van der Waals surface area (Å²) in [6.45, 7) is 5.29. The van der Waals surface area contributed by atoms with E-state index in [1.165, 1.54) is 0 Å². The highest BCUT2D eigenvalue weighted by molar-refractivity contribution is 6.10. The summed E-state index contributed by atoms with van der Waals surface area (Å²) in [5, 5.41) is 23.1. The van der Waals surface area contributed by atoms with E-state index >= 15 is 0 Å². The third-order valence-electron chi connectivity index (χ3n) is 7.56. The quantitative estimate of drug-likeness (QED) is 0.180. The predicted octanol–water partition coefficient (Wildman–Crippen LogP) is 8.30. The van der Waals surface area contributed by atoms with Crippen LogP contribution in [-0.4, -0.2) is 35.1 Å². The highest BCUT2D eigenvalue weighted by Gasteiger charge is 2.22. The summed E-state index contributed by atoms with van der Waals surface area (Å²) in [7, 11) is 0. The van der Waals surface area contributed by atoms with Crippen molar-refractivity contribution in [2.45, 2.75) is 39.5 Å². The minimum Gasteiger partial charge on any atom is -0.508 e. The number of unbranched alkanes of at least 4 members (excludes halogenated alkanes) is 2. The van der Waals surface area contributed by atoms with Crippen LogP contribution in [0.1, 0.15) is 60.2 Å². The Kier molecular flexibility index (Phi) is 8.72. The first-order chi connectivity index (χ1) is 20.4. The third kappa shape index (κ3) is 6.23. The molecular formula is C36H36N2O4. The summed E-state index contributed by atoms with van der Waals surface area (Å²) >= 11 is 0. The molecule has 0 aliphatic heterocycles. The van der Waals surface area contributed by atoms with E-state index in [9.17, 15) is 19.8 Å². The van der Waals surface area contributed by atoms with Crippen LogP contribution in [0, 0.1) is 0 Å². The van der Waals surface area contributed by atoms with Crippen LogP contribution in [-0.2, 0) is 0 Å². The molecule has 0 aromatic heterocycles. The van der Waals surface area contributed by atoms with Gasteiger partial charge < -0.3 is 20.0 Å². The molecule has 0 saturated carbocycles. The number of phenols is 2. The average molecular weight is 561 g/mol. The second-order valence-electron chi connectivity index (χ2n) is 10.6. The number of rotatable bonds is 10. The number of fused-ring (bicyclic) bond motifs is 2. The molecule has 6 heteroatoms. The molecule has 0 spiro atoms. The first-order valence-electron chi connectivity index (χ1n) is 14.6. The minimum absolute atomic E-state index is 0.111. The Labute approximate surface area is 246 Å². The lowest BCUT2D eigenvalue weighted by Gasteiger charge is -2.27. The average Bonchev–Trinajstić information content (AvgIpc) is 3.01. The monoisotopic (exact) mass is 560 g/mol. The number of hydrogen-bond acceptors (Lipinski definition) is 4. The van der Waals surface area contributed by atoms with E-state index < -0.39 is 0 Å². The number of carbonyl (C=O) groups excluding carboxylic acids is 2. The molecule has 0 bridgehead atoms. The van der Waals surface area contributed by atoms with Gasteiger partial charge in [-0.25, -0.2) is 0 Å². The largest absolute Gasteiger partial charge is 0.508 e. The molecule has 214 valence electrons. The Morgan fingerprint density at radius 2 is 0.952 bits per heavy atom. The number of hydrogen-bond donors (Lipinski definition) is 2. The molecular weight excluding hydrogens is 524 g/mol. The summed E-state index contributed by atoms with van der Waals surface area (Å²) in [6.07, 6.45) is 3.54. The zero-order valence-corrected chi connectivity index (χ0v) is 24.1. The maximum Gasteiger partial charge on any atom is 0.258 e. The highest BCUT2D eigenvalue weighted by atomic mass is 16.3. The van der Waals surface area contributed by atoms with Gasteiger partial charge in [0.2, 0.25) is 0 Å². The number of carbonyl (C=O) groups is 2. The molecule has 5 rings (SSSR count). The second-order valence-corrected chi connectivity index (χ2v) is 10.6. The van der Waals surface area contributed by atoms with Crippen LogP contribution in [0.5, 0.6) is 11.5 Å². The van der Waals surface area contributed by atoms with E-state index in [0.29, 0.717) is 24.2 Å². The van der Waals surface area contributed by atoms with Crippen molar-refractivity contribution in [1.29, 1.82) is 0 Å². The molecule has 0 aliphatic carbocycles. The fourth-order valence-corrected chi connectivity index (χ4v) is 5.20. The molecule has 2 amide bonds. The molecule has 0 aliphatic rings. The van der Waals surface area contributed by atoms with Crippen LogP contribution in [0.4, 0.5) is 11.4 Å². The van der Waals surface area contributed by atoms with Crippen molar-refractivity contribution in [3.8, 4) is 11.5 Å². The standard InChI is InChI=1S/C36H36N2O4/c1-3-5-18-37(35(41)29-12-10-27-22-33(39)16-14-25(27)20-29)31-8-7-9-32(24-31)38(19-6-4-2)36(42)30-13-11-28-23-34(40)17-15-26(28)21-30/h7-17,20-24,39-40H,3-6,18-19H2,1-2H3. The fourth-order valence-electron chi connectivity index (χ4n) is 5.20. The predicted molar refractivity (Wildman–Crippen MR) is 171 cm³/mol. The minimum atomic E-state index is -0.111.